The number of hydrogen-bond donors (Lipinski definition) is 2. The van der Waals surface area contributed by atoms with Gasteiger partial charge in [-0.1, -0.05) is 15.9 Å². The zero-order chi connectivity index (χ0) is 11.4. The Morgan fingerprint density at radius 2 is 2.27 bits per heavy atom. The molecule has 0 saturated heterocycles. The van der Waals surface area contributed by atoms with Gasteiger partial charge in [0.15, 0.2) is 0 Å². The fourth-order valence-electron chi connectivity index (χ4n) is 1.14. The molecule has 1 aromatic rings. The number of aliphatic hydroxyl groups excluding tert-OH is 1. The molecule has 0 spiro atoms. The molecule has 82 valence electrons. The summed E-state index contributed by atoms with van der Waals surface area (Å²) < 4.78 is 0.981. The molecular formula is C11H14BrNO2. The Balaban J connectivity index is 2.78. The van der Waals surface area contributed by atoms with E-state index < -0.39 is 0 Å². The van der Waals surface area contributed by atoms with E-state index in [2.05, 4.69) is 21.2 Å². The lowest BCUT2D eigenvalue weighted by Crippen LogP contribution is -2.34. The van der Waals surface area contributed by atoms with Gasteiger partial charge in [-0.25, -0.2) is 0 Å². The predicted molar refractivity (Wildman–Crippen MR) is 62.9 cm³/mol. The van der Waals surface area contributed by atoms with Gasteiger partial charge in [0.1, 0.15) is 0 Å². The number of rotatable bonds is 3. The van der Waals surface area contributed by atoms with E-state index in [1.165, 1.54) is 0 Å². The highest BCUT2D eigenvalue weighted by Gasteiger charge is 2.09. The zero-order valence-electron chi connectivity index (χ0n) is 8.75. The third-order valence-corrected chi connectivity index (χ3v) is 2.96. The summed E-state index contributed by atoms with van der Waals surface area (Å²) in [7, 11) is 0. The Bertz CT molecular complexity index is 366. The minimum Gasteiger partial charge on any atom is -0.394 e. The normalized spacial score (nSPS) is 12.3. The first-order valence-electron chi connectivity index (χ1n) is 4.72. The Labute approximate surface area is 97.6 Å². The summed E-state index contributed by atoms with van der Waals surface area (Å²) in [5.41, 5.74) is 1.62. The zero-order valence-corrected chi connectivity index (χ0v) is 10.3. The molecular weight excluding hydrogens is 258 g/mol. The molecule has 0 unspecified atom stereocenters. The predicted octanol–water partition coefficient (Wildman–Crippen LogP) is 1.87. The molecule has 0 radical (unpaired) electrons. The van der Waals surface area contributed by atoms with Gasteiger partial charge in [-0.05, 0) is 37.6 Å². The van der Waals surface area contributed by atoms with Gasteiger partial charge < -0.3 is 10.4 Å². The number of aryl methyl sites for hydroxylation is 1. The number of carbonyl (C=O) groups is 1. The van der Waals surface area contributed by atoms with E-state index in [9.17, 15) is 4.79 Å². The van der Waals surface area contributed by atoms with E-state index in [4.69, 9.17) is 5.11 Å². The average molecular weight is 272 g/mol. The highest BCUT2D eigenvalue weighted by molar-refractivity contribution is 9.10. The molecule has 1 amide bonds. The minimum absolute atomic E-state index is 0.0543. The first-order valence-corrected chi connectivity index (χ1v) is 5.51. The maximum atomic E-state index is 11.6. The summed E-state index contributed by atoms with van der Waals surface area (Å²) >= 11 is 3.37. The first-order chi connectivity index (χ1) is 7.04. The van der Waals surface area contributed by atoms with Gasteiger partial charge in [-0.2, -0.15) is 0 Å². The first kappa shape index (κ1) is 12.2. The maximum absolute atomic E-state index is 11.6. The van der Waals surface area contributed by atoms with Gasteiger partial charge in [0.05, 0.1) is 6.61 Å². The van der Waals surface area contributed by atoms with Crippen molar-refractivity contribution in [1.29, 1.82) is 0 Å². The summed E-state index contributed by atoms with van der Waals surface area (Å²) in [6.07, 6.45) is 0. The second kappa shape index (κ2) is 5.28. The molecule has 2 N–H and O–H groups in total. The van der Waals surface area contributed by atoms with Crippen molar-refractivity contribution in [1.82, 2.24) is 5.32 Å². The molecule has 0 heterocycles. The molecule has 3 nitrogen and oxygen atoms in total. The van der Waals surface area contributed by atoms with E-state index in [1.54, 1.807) is 13.0 Å². The molecule has 0 saturated carbocycles. The number of hydrogen-bond acceptors (Lipinski definition) is 2. The van der Waals surface area contributed by atoms with Crippen molar-refractivity contribution >= 4 is 21.8 Å². The Morgan fingerprint density at radius 1 is 1.60 bits per heavy atom. The summed E-state index contributed by atoms with van der Waals surface area (Å²) in [6, 6.07) is 5.18. The van der Waals surface area contributed by atoms with Gasteiger partial charge in [-0.3, -0.25) is 4.79 Å². The van der Waals surface area contributed by atoms with Crippen molar-refractivity contribution in [3.63, 3.8) is 0 Å². The molecule has 1 rings (SSSR count). The van der Waals surface area contributed by atoms with Crippen molar-refractivity contribution in [3.8, 4) is 0 Å². The molecule has 0 bridgehead atoms. The van der Waals surface area contributed by atoms with Crippen LogP contribution in [0.15, 0.2) is 22.7 Å². The van der Waals surface area contributed by atoms with Crippen molar-refractivity contribution in [2.24, 2.45) is 0 Å². The number of aliphatic hydroxyl groups is 1. The van der Waals surface area contributed by atoms with Crippen molar-refractivity contribution in [2.75, 3.05) is 6.61 Å². The van der Waals surface area contributed by atoms with E-state index in [-0.39, 0.29) is 18.6 Å². The molecule has 0 fully saturated rings. The highest BCUT2D eigenvalue weighted by atomic mass is 79.9. The third kappa shape index (κ3) is 3.32. The van der Waals surface area contributed by atoms with Crippen LogP contribution in [-0.4, -0.2) is 23.7 Å². The lowest BCUT2D eigenvalue weighted by Gasteiger charge is -2.11. The maximum Gasteiger partial charge on any atom is 0.251 e. The largest absolute Gasteiger partial charge is 0.394 e. The molecule has 0 aliphatic heterocycles. The summed E-state index contributed by atoms with van der Waals surface area (Å²) in [5.74, 6) is -0.160. The minimum atomic E-state index is -0.221. The van der Waals surface area contributed by atoms with E-state index in [0.29, 0.717) is 5.56 Å². The van der Waals surface area contributed by atoms with E-state index in [0.717, 1.165) is 10.0 Å². The molecule has 1 aromatic carbocycles. The fraction of sp³-hybridized carbons (Fsp3) is 0.364. The van der Waals surface area contributed by atoms with Crippen LogP contribution in [0.5, 0.6) is 0 Å². The average Bonchev–Trinajstić information content (AvgIpc) is 2.21. The van der Waals surface area contributed by atoms with Crippen LogP contribution >= 0.6 is 15.9 Å². The molecule has 1 atom stereocenters. The van der Waals surface area contributed by atoms with Crippen LogP contribution in [0.4, 0.5) is 0 Å². The standard InChI is InChI=1S/C11H14BrNO2/c1-7-5-9(3-4-10(7)12)11(15)13-8(2)6-14/h3-5,8,14H,6H2,1-2H3,(H,13,15)/t8-/m1/s1. The van der Waals surface area contributed by atoms with Gasteiger partial charge in [-0.15, -0.1) is 0 Å². The molecule has 15 heavy (non-hydrogen) atoms. The van der Waals surface area contributed by atoms with Crippen LogP contribution in [0.1, 0.15) is 22.8 Å². The van der Waals surface area contributed by atoms with Crippen molar-refractivity contribution in [2.45, 2.75) is 19.9 Å². The lowest BCUT2D eigenvalue weighted by molar-refractivity contribution is 0.0922. The molecule has 0 aliphatic rings. The molecule has 0 aliphatic carbocycles. The number of nitrogens with one attached hydrogen (secondary N) is 1. The number of carbonyl (C=O) groups excluding carboxylic acids is 1. The summed E-state index contributed by atoms with van der Waals surface area (Å²) in [6.45, 7) is 3.63. The van der Waals surface area contributed by atoms with Gasteiger partial charge in [0, 0.05) is 16.1 Å². The Hall–Kier alpha value is -0.870. The SMILES string of the molecule is Cc1cc(C(=O)N[C@H](C)CO)ccc1Br. The quantitative estimate of drug-likeness (QED) is 0.882. The van der Waals surface area contributed by atoms with Crippen LogP contribution in [-0.2, 0) is 0 Å². The van der Waals surface area contributed by atoms with Crippen molar-refractivity contribution in [3.05, 3.63) is 33.8 Å². The number of benzene rings is 1. The smallest absolute Gasteiger partial charge is 0.251 e. The highest BCUT2D eigenvalue weighted by Crippen LogP contribution is 2.16. The van der Waals surface area contributed by atoms with Crippen molar-refractivity contribution < 1.29 is 9.90 Å². The van der Waals surface area contributed by atoms with Crippen LogP contribution < -0.4 is 5.32 Å². The van der Waals surface area contributed by atoms with Gasteiger partial charge in [0.2, 0.25) is 0 Å². The van der Waals surface area contributed by atoms with E-state index in [1.807, 2.05) is 19.1 Å². The number of halogens is 1. The Kier molecular flexibility index (Phi) is 4.29. The summed E-state index contributed by atoms with van der Waals surface area (Å²) in [4.78, 5) is 11.6. The van der Waals surface area contributed by atoms with E-state index >= 15 is 0 Å². The second-order valence-corrected chi connectivity index (χ2v) is 4.38. The van der Waals surface area contributed by atoms with Crippen LogP contribution in [0.2, 0.25) is 0 Å². The molecule has 0 aromatic heterocycles. The summed E-state index contributed by atoms with van der Waals surface area (Å²) in [5, 5.41) is 11.5. The monoisotopic (exact) mass is 271 g/mol. The molecule has 4 heteroatoms. The Morgan fingerprint density at radius 3 is 2.80 bits per heavy atom. The fourth-order valence-corrected chi connectivity index (χ4v) is 1.39. The van der Waals surface area contributed by atoms with Crippen LogP contribution in [0.25, 0.3) is 0 Å². The third-order valence-electron chi connectivity index (χ3n) is 2.07. The number of amides is 1. The van der Waals surface area contributed by atoms with Crippen LogP contribution in [0.3, 0.4) is 0 Å². The lowest BCUT2D eigenvalue weighted by atomic mass is 10.1. The van der Waals surface area contributed by atoms with Gasteiger partial charge in [0.25, 0.3) is 5.91 Å². The van der Waals surface area contributed by atoms with Crippen LogP contribution in [0, 0.1) is 6.92 Å². The topological polar surface area (TPSA) is 49.3 Å². The second-order valence-electron chi connectivity index (χ2n) is 3.52. The van der Waals surface area contributed by atoms with Gasteiger partial charge >= 0.3 is 0 Å².